The molecule has 23 heavy (non-hydrogen) atoms. The van der Waals surface area contributed by atoms with Crippen LogP contribution in [0.15, 0.2) is 0 Å². The van der Waals surface area contributed by atoms with Crippen molar-refractivity contribution in [2.75, 3.05) is 19.1 Å². The van der Waals surface area contributed by atoms with Gasteiger partial charge in [0.2, 0.25) is 0 Å². The van der Waals surface area contributed by atoms with Crippen LogP contribution in [0.3, 0.4) is 0 Å². The van der Waals surface area contributed by atoms with E-state index in [1.165, 1.54) is 0 Å². The van der Waals surface area contributed by atoms with Crippen LogP contribution in [-0.4, -0.2) is 24.0 Å². The standard InChI is InChI=1S/C10H25NO6P2.4K/c1-3-5-6-10(4-2)7-11(8-18(12,13)14)9-19(15,16)17;;;;/h10H,3-9H2,1-2H3,(H2,12,13,14)(H2,15,16,17);;;;/q;4*+1/p-4. The Bertz CT molecular complexity index is 330. The fraction of sp³-hybridized carbons (Fsp3) is 1.00. The molecule has 0 aliphatic rings. The summed E-state index contributed by atoms with van der Waals surface area (Å²) in [7, 11) is -9.75. The van der Waals surface area contributed by atoms with Crippen LogP contribution >= 0.6 is 15.2 Å². The van der Waals surface area contributed by atoms with E-state index < -0.39 is 27.8 Å². The minimum atomic E-state index is -4.87. The first-order valence-electron chi connectivity index (χ1n) is 6.32. The molecule has 7 nitrogen and oxygen atoms in total. The Kier molecular flexibility index (Phi) is 38.5. The van der Waals surface area contributed by atoms with Gasteiger partial charge in [-0.3, -0.25) is 4.90 Å². The maximum Gasteiger partial charge on any atom is 1.00 e. The summed E-state index contributed by atoms with van der Waals surface area (Å²) in [6, 6.07) is 0. The van der Waals surface area contributed by atoms with Gasteiger partial charge in [0.25, 0.3) is 0 Å². The third kappa shape index (κ3) is 28.8. The molecule has 0 spiro atoms. The molecule has 0 heterocycles. The molecule has 0 N–H and O–H groups in total. The molecular weight excluding hydrogens is 448 g/mol. The van der Waals surface area contributed by atoms with Crippen molar-refractivity contribution in [2.45, 2.75) is 39.5 Å². The van der Waals surface area contributed by atoms with Crippen molar-refractivity contribution in [2.24, 2.45) is 5.92 Å². The molecular formula is C10H21K4NO6P2. The minimum Gasteiger partial charge on any atom is -0.810 e. The molecule has 0 fully saturated rings. The van der Waals surface area contributed by atoms with Crippen LogP contribution in [0.25, 0.3) is 0 Å². The molecule has 0 aliphatic heterocycles. The number of unbranched alkanes of at least 4 members (excludes halogenated alkanes) is 1. The third-order valence-corrected chi connectivity index (χ3v) is 4.30. The number of rotatable bonds is 10. The average Bonchev–Trinajstić information content (AvgIpc) is 2.19. The van der Waals surface area contributed by atoms with Gasteiger partial charge in [-0.05, 0) is 12.3 Å². The van der Waals surface area contributed by atoms with E-state index in [0.717, 1.165) is 30.6 Å². The molecule has 0 rings (SSSR count). The second-order valence-electron chi connectivity index (χ2n) is 4.77. The molecule has 0 amide bonds. The van der Waals surface area contributed by atoms with Gasteiger partial charge in [0.15, 0.2) is 0 Å². The molecule has 0 saturated heterocycles. The minimum absolute atomic E-state index is 0. The molecule has 116 valence electrons. The molecule has 0 aromatic heterocycles. The summed E-state index contributed by atoms with van der Waals surface area (Å²) in [4.78, 5) is 43.9. The summed E-state index contributed by atoms with van der Waals surface area (Å²) in [5.41, 5.74) is 0. The monoisotopic (exact) mass is 469 g/mol. The van der Waals surface area contributed by atoms with Crippen LogP contribution in [0.2, 0.25) is 0 Å². The number of nitrogens with zero attached hydrogens (tertiary/aromatic N) is 1. The smallest absolute Gasteiger partial charge is 0.810 e. The van der Waals surface area contributed by atoms with Crippen molar-refractivity contribution < 1.29 is 234 Å². The summed E-state index contributed by atoms with van der Waals surface area (Å²) >= 11 is 0. The van der Waals surface area contributed by atoms with E-state index in [1.54, 1.807) is 0 Å². The quantitative estimate of drug-likeness (QED) is 0.229. The first-order chi connectivity index (χ1) is 8.57. The Morgan fingerprint density at radius 2 is 1.26 bits per heavy atom. The van der Waals surface area contributed by atoms with E-state index in [2.05, 4.69) is 0 Å². The molecule has 0 saturated carbocycles. The van der Waals surface area contributed by atoms with Crippen molar-refractivity contribution in [3.63, 3.8) is 0 Å². The van der Waals surface area contributed by atoms with Gasteiger partial charge in [0.1, 0.15) is 0 Å². The molecule has 1 unspecified atom stereocenters. The van der Waals surface area contributed by atoms with E-state index in [4.69, 9.17) is 0 Å². The van der Waals surface area contributed by atoms with Crippen LogP contribution in [0.5, 0.6) is 0 Å². The van der Waals surface area contributed by atoms with E-state index in [0.29, 0.717) is 0 Å². The van der Waals surface area contributed by atoms with Crippen LogP contribution in [0.4, 0.5) is 0 Å². The van der Waals surface area contributed by atoms with Gasteiger partial charge in [-0.15, -0.1) is 0 Å². The van der Waals surface area contributed by atoms with E-state index in [1.807, 2.05) is 13.8 Å². The molecule has 0 aliphatic carbocycles. The van der Waals surface area contributed by atoms with Gasteiger partial charge < -0.3 is 28.7 Å². The van der Waals surface area contributed by atoms with Crippen molar-refractivity contribution in [1.29, 1.82) is 0 Å². The zero-order valence-corrected chi connectivity index (χ0v) is 29.6. The van der Waals surface area contributed by atoms with Crippen LogP contribution < -0.4 is 225 Å². The zero-order chi connectivity index (χ0) is 15.1. The van der Waals surface area contributed by atoms with E-state index >= 15 is 0 Å². The number of hydrogen-bond donors (Lipinski definition) is 0. The van der Waals surface area contributed by atoms with Crippen molar-refractivity contribution in [3.05, 3.63) is 0 Å². The van der Waals surface area contributed by atoms with Crippen molar-refractivity contribution in [1.82, 2.24) is 4.90 Å². The van der Waals surface area contributed by atoms with Gasteiger partial charge in [-0.1, -0.05) is 48.3 Å². The van der Waals surface area contributed by atoms with Crippen LogP contribution in [0, 0.1) is 5.92 Å². The van der Waals surface area contributed by atoms with Crippen molar-refractivity contribution >= 4 is 15.2 Å². The second-order valence-corrected chi connectivity index (χ2v) is 7.78. The fourth-order valence-electron chi connectivity index (χ4n) is 1.93. The summed E-state index contributed by atoms with van der Waals surface area (Å²) in [5.74, 6) is 0.0815. The Morgan fingerprint density at radius 1 is 0.870 bits per heavy atom. The predicted molar refractivity (Wildman–Crippen MR) is 65.0 cm³/mol. The average molecular weight is 470 g/mol. The molecule has 0 aromatic carbocycles. The van der Waals surface area contributed by atoms with Gasteiger partial charge in [0.05, 0.1) is 0 Å². The molecule has 0 radical (unpaired) electrons. The normalized spacial score (nSPS) is 12.3. The first kappa shape index (κ1) is 40.2. The maximum absolute atomic E-state index is 10.7. The number of hydrogen-bond acceptors (Lipinski definition) is 7. The summed E-state index contributed by atoms with van der Waals surface area (Å²) in [5, 5.41) is 0. The largest absolute Gasteiger partial charge is 1.00 e. The van der Waals surface area contributed by atoms with Gasteiger partial charge in [0, 0.05) is 19.1 Å². The predicted octanol–water partition coefficient (Wildman–Crippen LogP) is -12.7. The third-order valence-electron chi connectivity index (χ3n) is 2.81. The summed E-state index contributed by atoms with van der Waals surface area (Å²) < 4.78 is 21.5. The van der Waals surface area contributed by atoms with E-state index in [-0.39, 0.29) is 218 Å². The second kappa shape index (κ2) is 22.0. The topological polar surface area (TPSA) is 130 Å². The van der Waals surface area contributed by atoms with Crippen LogP contribution in [-0.2, 0) is 9.13 Å². The van der Waals surface area contributed by atoms with Gasteiger partial charge >= 0.3 is 206 Å². The van der Waals surface area contributed by atoms with Crippen LogP contribution in [0.1, 0.15) is 39.5 Å². The zero-order valence-electron chi connectivity index (χ0n) is 15.3. The van der Waals surface area contributed by atoms with Gasteiger partial charge in [-0.2, -0.15) is 0 Å². The van der Waals surface area contributed by atoms with Crippen molar-refractivity contribution in [3.8, 4) is 0 Å². The Balaban J connectivity index is -0.000000270. The Morgan fingerprint density at radius 3 is 1.52 bits per heavy atom. The fourth-order valence-corrected chi connectivity index (χ4v) is 3.50. The molecule has 0 aromatic rings. The first-order valence-corrected chi connectivity index (χ1v) is 9.77. The molecule has 0 bridgehead atoms. The maximum atomic E-state index is 10.7. The molecule has 13 heteroatoms. The van der Waals surface area contributed by atoms with Gasteiger partial charge in [-0.25, -0.2) is 0 Å². The molecule has 1 atom stereocenters. The van der Waals surface area contributed by atoms with E-state index in [9.17, 15) is 28.7 Å². The Labute approximate surface area is 310 Å². The Hall–Kier alpha value is 6.81. The SMILES string of the molecule is CCCCC(CC)CN(CP(=O)([O-])[O-])CP(=O)([O-])[O-].[K+].[K+].[K+].[K+]. The summed E-state index contributed by atoms with van der Waals surface area (Å²) in [6.45, 7) is 4.05. The summed E-state index contributed by atoms with van der Waals surface area (Å²) in [6.07, 6.45) is 1.63.